The van der Waals surface area contributed by atoms with E-state index in [4.69, 9.17) is 14.6 Å². The number of hydrogen-bond acceptors (Lipinski definition) is 5. The lowest BCUT2D eigenvalue weighted by Gasteiger charge is -2.12. The summed E-state index contributed by atoms with van der Waals surface area (Å²) in [5.41, 5.74) is -0.302. The second-order valence-electron chi connectivity index (χ2n) is 6.50. The minimum atomic E-state index is -1.62. The molecule has 0 heterocycles. The lowest BCUT2D eigenvalue weighted by Crippen LogP contribution is -2.09. The van der Waals surface area contributed by atoms with Gasteiger partial charge in [0.1, 0.15) is 17.1 Å². The Hall–Kier alpha value is -2.93. The number of halogens is 1. The van der Waals surface area contributed by atoms with Gasteiger partial charge in [-0.2, -0.15) is 0 Å². The van der Waals surface area contributed by atoms with Crippen molar-refractivity contribution in [1.82, 2.24) is 0 Å². The first-order chi connectivity index (χ1) is 14.0. The van der Waals surface area contributed by atoms with Crippen molar-refractivity contribution in [3.8, 4) is 23.0 Å². The number of aromatic carboxylic acids is 1. The third kappa shape index (κ3) is 8.21. The highest BCUT2D eigenvalue weighted by Gasteiger charge is 2.20. The Bertz CT molecular complexity index is 806. The Morgan fingerprint density at radius 1 is 0.867 bits per heavy atom. The molecule has 7 nitrogen and oxygen atoms in total. The van der Waals surface area contributed by atoms with Crippen molar-refractivity contribution in [1.29, 1.82) is 0 Å². The Labute approximate surface area is 182 Å². The molecule has 2 aromatic carbocycles. The second-order valence-corrected chi connectivity index (χ2v) is 6.50. The molecule has 30 heavy (non-hydrogen) atoms. The van der Waals surface area contributed by atoms with Crippen LogP contribution in [0.15, 0.2) is 42.5 Å². The fourth-order valence-corrected chi connectivity index (χ4v) is 2.76. The van der Waals surface area contributed by atoms with Crippen LogP contribution in [-0.4, -0.2) is 28.9 Å². The van der Waals surface area contributed by atoms with Crippen LogP contribution in [0.5, 0.6) is 23.0 Å². The Kier molecular flexibility index (Phi) is 11.1. The summed E-state index contributed by atoms with van der Waals surface area (Å²) in [6.45, 7) is 2.84. The highest BCUT2D eigenvalue weighted by molar-refractivity contribution is 5.92. The summed E-state index contributed by atoms with van der Waals surface area (Å²) in [5.74, 6) is -0.587. The molecular weight excluding hydrogens is 412 g/mol. The molecule has 0 atom stereocenters. The molecular formula is C22H27ClO7. The highest BCUT2D eigenvalue weighted by Crippen LogP contribution is 2.35. The molecule has 0 saturated heterocycles. The molecule has 8 heteroatoms. The molecule has 0 aliphatic carbocycles. The van der Waals surface area contributed by atoms with Gasteiger partial charge >= 0.3 is 12.1 Å². The molecule has 0 spiro atoms. The molecule has 0 aliphatic heterocycles. The maximum atomic E-state index is 11.3. The van der Waals surface area contributed by atoms with E-state index in [1.165, 1.54) is 43.9 Å². The number of carboxylic acid groups (broad SMARTS) is 2. The van der Waals surface area contributed by atoms with Gasteiger partial charge in [0.2, 0.25) is 0 Å². The maximum absolute atomic E-state index is 11.3. The molecule has 2 rings (SSSR count). The van der Waals surface area contributed by atoms with Gasteiger partial charge in [-0.1, -0.05) is 45.1 Å². The predicted molar refractivity (Wildman–Crippen MR) is 115 cm³/mol. The minimum Gasteiger partial charge on any atom is -0.494 e. The Balaban J connectivity index is 0.00000450. The van der Waals surface area contributed by atoms with Gasteiger partial charge in [0.15, 0.2) is 11.5 Å². The summed E-state index contributed by atoms with van der Waals surface area (Å²) < 4.78 is 16.0. The fourth-order valence-electron chi connectivity index (χ4n) is 2.76. The van der Waals surface area contributed by atoms with Crippen LogP contribution in [0, 0.1) is 0 Å². The molecule has 0 radical (unpaired) electrons. The number of carbonyl (C=O) groups is 2. The normalized spacial score (nSPS) is 10.0. The number of para-hydroxylation sites is 1. The van der Waals surface area contributed by atoms with Crippen molar-refractivity contribution >= 4 is 24.5 Å². The summed E-state index contributed by atoms with van der Waals surface area (Å²) in [4.78, 5) is 22.2. The number of benzene rings is 2. The monoisotopic (exact) mass is 438 g/mol. The van der Waals surface area contributed by atoms with E-state index in [0.717, 1.165) is 12.8 Å². The van der Waals surface area contributed by atoms with E-state index in [1.54, 1.807) is 24.3 Å². The van der Waals surface area contributed by atoms with E-state index < -0.39 is 12.1 Å². The van der Waals surface area contributed by atoms with Gasteiger partial charge in [-0.05, 0) is 42.8 Å². The summed E-state index contributed by atoms with van der Waals surface area (Å²) in [5, 5.41) is 18.1. The SMILES string of the molecule is CCCCCCCCOc1ccc(Oc2cccc(C(=O)O)c2OC(=O)O)cc1.Cl. The molecule has 2 aromatic rings. The lowest BCUT2D eigenvalue weighted by atomic mass is 10.1. The van der Waals surface area contributed by atoms with E-state index in [0.29, 0.717) is 18.1 Å². The van der Waals surface area contributed by atoms with E-state index in [1.807, 2.05) is 0 Å². The maximum Gasteiger partial charge on any atom is 0.511 e. The van der Waals surface area contributed by atoms with E-state index in [-0.39, 0.29) is 29.5 Å². The molecule has 0 unspecified atom stereocenters. The van der Waals surface area contributed by atoms with E-state index in [2.05, 4.69) is 11.7 Å². The Morgan fingerprint density at radius 2 is 1.50 bits per heavy atom. The van der Waals surface area contributed by atoms with Crippen LogP contribution in [0.1, 0.15) is 55.8 Å². The lowest BCUT2D eigenvalue weighted by molar-refractivity contribution is 0.0692. The average Bonchev–Trinajstić information content (AvgIpc) is 2.69. The average molecular weight is 439 g/mol. The van der Waals surface area contributed by atoms with Gasteiger partial charge in [-0.15, -0.1) is 12.4 Å². The molecule has 0 amide bonds. The van der Waals surface area contributed by atoms with Crippen LogP contribution in [0.25, 0.3) is 0 Å². The van der Waals surface area contributed by atoms with Crippen molar-refractivity contribution in [3.63, 3.8) is 0 Å². The predicted octanol–water partition coefficient (Wildman–Crippen LogP) is 6.40. The third-order valence-corrected chi connectivity index (χ3v) is 4.22. The largest absolute Gasteiger partial charge is 0.511 e. The number of carboxylic acids is 1. The van der Waals surface area contributed by atoms with E-state index >= 15 is 0 Å². The van der Waals surface area contributed by atoms with Crippen molar-refractivity contribution < 1.29 is 34.0 Å². The molecule has 0 bridgehead atoms. The van der Waals surface area contributed by atoms with E-state index in [9.17, 15) is 14.7 Å². The van der Waals surface area contributed by atoms with Gasteiger partial charge in [0.25, 0.3) is 0 Å². The quantitative estimate of drug-likeness (QED) is 0.224. The first kappa shape index (κ1) is 25.1. The van der Waals surface area contributed by atoms with Gasteiger partial charge in [0, 0.05) is 0 Å². The molecule has 0 aromatic heterocycles. The minimum absolute atomic E-state index is 0. The summed E-state index contributed by atoms with van der Waals surface area (Å²) in [7, 11) is 0. The van der Waals surface area contributed by atoms with Crippen molar-refractivity contribution in [2.24, 2.45) is 0 Å². The number of rotatable bonds is 12. The van der Waals surface area contributed by atoms with Crippen LogP contribution in [0.3, 0.4) is 0 Å². The van der Waals surface area contributed by atoms with Gasteiger partial charge in [0.05, 0.1) is 6.61 Å². The van der Waals surface area contributed by atoms with Crippen LogP contribution in [0.4, 0.5) is 4.79 Å². The first-order valence-electron chi connectivity index (χ1n) is 9.69. The van der Waals surface area contributed by atoms with Gasteiger partial charge in [-0.3, -0.25) is 0 Å². The fraction of sp³-hybridized carbons (Fsp3) is 0.364. The summed E-state index contributed by atoms with van der Waals surface area (Å²) in [6.07, 6.45) is 5.51. The van der Waals surface area contributed by atoms with Gasteiger partial charge in [-0.25, -0.2) is 9.59 Å². The summed E-state index contributed by atoms with van der Waals surface area (Å²) >= 11 is 0. The number of ether oxygens (including phenoxy) is 3. The molecule has 2 N–H and O–H groups in total. The van der Waals surface area contributed by atoms with Crippen molar-refractivity contribution in [2.75, 3.05) is 6.61 Å². The topological polar surface area (TPSA) is 102 Å². The highest BCUT2D eigenvalue weighted by atomic mass is 35.5. The summed E-state index contributed by atoms with van der Waals surface area (Å²) in [6, 6.07) is 10.9. The number of unbranched alkanes of at least 4 members (excludes halogenated alkanes) is 5. The Morgan fingerprint density at radius 3 is 2.13 bits per heavy atom. The standard InChI is InChI=1S/C22H26O7.ClH/c1-2-3-4-5-6-7-15-27-16-11-13-17(14-12-16)28-19-10-8-9-18(21(23)24)20(19)29-22(25)26;/h8-14H,2-7,15H2,1H3,(H,23,24)(H,25,26);1H. The van der Waals surface area contributed by atoms with Crippen LogP contribution in [-0.2, 0) is 0 Å². The van der Waals surface area contributed by atoms with Crippen LogP contribution < -0.4 is 14.2 Å². The first-order valence-corrected chi connectivity index (χ1v) is 9.69. The van der Waals surface area contributed by atoms with Crippen LogP contribution in [0.2, 0.25) is 0 Å². The molecule has 0 aliphatic rings. The van der Waals surface area contributed by atoms with Crippen molar-refractivity contribution in [2.45, 2.75) is 45.4 Å². The van der Waals surface area contributed by atoms with Crippen molar-refractivity contribution in [3.05, 3.63) is 48.0 Å². The molecule has 0 fully saturated rings. The zero-order valence-corrected chi connectivity index (χ0v) is 17.7. The molecule has 0 saturated carbocycles. The zero-order chi connectivity index (χ0) is 21.1. The van der Waals surface area contributed by atoms with Crippen LogP contribution >= 0.6 is 12.4 Å². The second kappa shape index (κ2) is 13.3. The number of hydrogen-bond donors (Lipinski definition) is 2. The van der Waals surface area contributed by atoms with Gasteiger partial charge < -0.3 is 24.4 Å². The smallest absolute Gasteiger partial charge is 0.494 e. The molecule has 164 valence electrons. The third-order valence-electron chi connectivity index (χ3n) is 4.22. The zero-order valence-electron chi connectivity index (χ0n) is 16.8.